The highest BCUT2D eigenvalue weighted by Gasteiger charge is 2.22. The van der Waals surface area contributed by atoms with Crippen molar-refractivity contribution in [1.82, 2.24) is 14.5 Å². The standard InChI is InChI=1S/C8H15N5O4S/c1-2-13-4-6(7(9)12-13)18(16,17)11-3-5(14)8(10)15/h4-5,11,14H,2-3H2,1H3,(H2,9,12)(H2,10,15). The Hall–Kier alpha value is -1.65. The number of carbonyl (C=O) groups excluding carboxylic acids is 1. The van der Waals surface area contributed by atoms with Crippen molar-refractivity contribution < 1.29 is 18.3 Å². The van der Waals surface area contributed by atoms with Crippen LogP contribution in [0, 0.1) is 0 Å². The fourth-order valence-corrected chi connectivity index (χ4v) is 2.26. The van der Waals surface area contributed by atoms with E-state index in [1.807, 2.05) is 4.72 Å². The number of rotatable bonds is 6. The molecule has 0 spiro atoms. The topological polar surface area (TPSA) is 153 Å². The first-order chi connectivity index (χ1) is 8.27. The molecule has 1 heterocycles. The van der Waals surface area contributed by atoms with Gasteiger partial charge in [0.15, 0.2) is 5.82 Å². The van der Waals surface area contributed by atoms with Crippen LogP contribution in [0.15, 0.2) is 11.1 Å². The van der Waals surface area contributed by atoms with Crippen molar-refractivity contribution in [2.24, 2.45) is 5.73 Å². The highest BCUT2D eigenvalue weighted by atomic mass is 32.2. The van der Waals surface area contributed by atoms with Crippen molar-refractivity contribution >= 4 is 21.7 Å². The molecule has 0 fully saturated rings. The molecular weight excluding hydrogens is 262 g/mol. The van der Waals surface area contributed by atoms with E-state index in [1.54, 1.807) is 6.92 Å². The largest absolute Gasteiger partial charge is 0.382 e. The molecule has 9 nitrogen and oxygen atoms in total. The van der Waals surface area contributed by atoms with E-state index < -0.39 is 28.6 Å². The summed E-state index contributed by atoms with van der Waals surface area (Å²) in [5.74, 6) is -1.17. The molecule has 1 amide bonds. The number of amides is 1. The molecule has 18 heavy (non-hydrogen) atoms. The molecule has 0 radical (unpaired) electrons. The quantitative estimate of drug-likeness (QED) is 0.455. The lowest BCUT2D eigenvalue weighted by Crippen LogP contribution is -2.40. The Morgan fingerprint density at radius 1 is 1.67 bits per heavy atom. The number of carbonyl (C=O) groups is 1. The van der Waals surface area contributed by atoms with Crippen LogP contribution in [0.5, 0.6) is 0 Å². The molecular formula is C8H15N5O4S. The van der Waals surface area contributed by atoms with Crippen LogP contribution in [-0.2, 0) is 21.4 Å². The number of anilines is 1. The number of aromatic nitrogens is 2. The average Bonchev–Trinajstić information content (AvgIpc) is 2.68. The lowest BCUT2D eigenvalue weighted by molar-refractivity contribution is -0.125. The van der Waals surface area contributed by atoms with Crippen LogP contribution in [0.4, 0.5) is 5.82 Å². The first kappa shape index (κ1) is 14.4. The number of primary amides is 1. The Morgan fingerprint density at radius 2 is 2.28 bits per heavy atom. The van der Waals surface area contributed by atoms with Crippen LogP contribution in [0.25, 0.3) is 0 Å². The van der Waals surface area contributed by atoms with E-state index in [2.05, 4.69) is 5.10 Å². The third-order valence-electron chi connectivity index (χ3n) is 2.16. The summed E-state index contributed by atoms with van der Waals surface area (Å²) in [5.41, 5.74) is 10.3. The Balaban J connectivity index is 2.86. The molecule has 0 aliphatic carbocycles. The molecule has 0 aliphatic heterocycles. The van der Waals surface area contributed by atoms with Crippen LogP contribution in [-0.4, -0.2) is 41.9 Å². The summed E-state index contributed by atoms with van der Waals surface area (Å²) < 4.78 is 27.0. The molecule has 0 aliphatic rings. The maximum Gasteiger partial charge on any atom is 0.247 e. The number of hydrogen-bond donors (Lipinski definition) is 4. The second kappa shape index (κ2) is 5.33. The molecule has 1 aromatic heterocycles. The summed E-state index contributed by atoms with van der Waals surface area (Å²) in [7, 11) is -3.93. The monoisotopic (exact) mass is 277 g/mol. The van der Waals surface area contributed by atoms with Crippen molar-refractivity contribution in [3.05, 3.63) is 6.20 Å². The van der Waals surface area contributed by atoms with E-state index in [0.717, 1.165) is 0 Å². The Labute approximate surface area is 104 Å². The molecule has 10 heteroatoms. The van der Waals surface area contributed by atoms with E-state index in [1.165, 1.54) is 10.9 Å². The lowest BCUT2D eigenvalue weighted by atomic mass is 10.3. The number of nitrogens with one attached hydrogen (secondary N) is 1. The molecule has 102 valence electrons. The molecule has 1 unspecified atom stereocenters. The van der Waals surface area contributed by atoms with Gasteiger partial charge >= 0.3 is 0 Å². The zero-order chi connectivity index (χ0) is 13.9. The van der Waals surface area contributed by atoms with Gasteiger partial charge in [-0.3, -0.25) is 9.48 Å². The number of aliphatic hydroxyl groups is 1. The van der Waals surface area contributed by atoms with Gasteiger partial charge in [0.2, 0.25) is 15.9 Å². The summed E-state index contributed by atoms with van der Waals surface area (Å²) in [4.78, 5) is 10.4. The van der Waals surface area contributed by atoms with E-state index in [4.69, 9.17) is 16.6 Å². The van der Waals surface area contributed by atoms with Gasteiger partial charge < -0.3 is 16.6 Å². The number of nitrogen functional groups attached to an aromatic ring is 1. The summed E-state index contributed by atoms with van der Waals surface area (Å²) >= 11 is 0. The Morgan fingerprint density at radius 3 is 2.72 bits per heavy atom. The molecule has 0 bridgehead atoms. The minimum atomic E-state index is -3.93. The number of nitrogens with zero attached hydrogens (tertiary/aromatic N) is 2. The second-order valence-electron chi connectivity index (χ2n) is 3.50. The van der Waals surface area contributed by atoms with Crippen LogP contribution in [0.2, 0.25) is 0 Å². The van der Waals surface area contributed by atoms with Crippen LogP contribution >= 0.6 is 0 Å². The van der Waals surface area contributed by atoms with Gasteiger partial charge in [0, 0.05) is 19.3 Å². The molecule has 0 aromatic carbocycles. The Kier molecular flexibility index (Phi) is 4.27. The fraction of sp³-hybridized carbons (Fsp3) is 0.500. The number of hydrogen-bond acceptors (Lipinski definition) is 6. The third-order valence-corrected chi connectivity index (χ3v) is 3.60. The van der Waals surface area contributed by atoms with Gasteiger partial charge in [-0.1, -0.05) is 0 Å². The number of nitrogens with two attached hydrogens (primary N) is 2. The fourth-order valence-electron chi connectivity index (χ4n) is 1.15. The van der Waals surface area contributed by atoms with E-state index in [0.29, 0.717) is 6.54 Å². The number of aliphatic hydroxyl groups excluding tert-OH is 1. The summed E-state index contributed by atoms with van der Waals surface area (Å²) in [6, 6.07) is 0. The second-order valence-corrected chi connectivity index (χ2v) is 5.24. The molecule has 1 atom stereocenters. The van der Waals surface area contributed by atoms with Gasteiger partial charge in [-0.25, -0.2) is 13.1 Å². The first-order valence-electron chi connectivity index (χ1n) is 5.08. The van der Waals surface area contributed by atoms with Crippen molar-refractivity contribution in [3.8, 4) is 0 Å². The number of sulfonamides is 1. The summed E-state index contributed by atoms with van der Waals surface area (Å²) in [6.07, 6.45) is -0.337. The van der Waals surface area contributed by atoms with Gasteiger partial charge in [-0.2, -0.15) is 5.10 Å². The first-order valence-corrected chi connectivity index (χ1v) is 6.56. The van der Waals surface area contributed by atoms with Gasteiger partial charge in [0.25, 0.3) is 0 Å². The van der Waals surface area contributed by atoms with Gasteiger partial charge in [-0.15, -0.1) is 0 Å². The normalized spacial score (nSPS) is 13.4. The third kappa shape index (κ3) is 3.18. The van der Waals surface area contributed by atoms with Crippen LogP contribution in [0.3, 0.4) is 0 Å². The lowest BCUT2D eigenvalue weighted by Gasteiger charge is -2.08. The summed E-state index contributed by atoms with van der Waals surface area (Å²) in [5, 5.41) is 12.9. The molecule has 1 aromatic rings. The van der Waals surface area contributed by atoms with Crippen LogP contribution < -0.4 is 16.2 Å². The van der Waals surface area contributed by atoms with Crippen LogP contribution in [0.1, 0.15) is 6.92 Å². The summed E-state index contributed by atoms with van der Waals surface area (Å²) in [6.45, 7) is 1.71. The van der Waals surface area contributed by atoms with E-state index >= 15 is 0 Å². The minimum absolute atomic E-state index is 0.155. The molecule has 0 saturated carbocycles. The maximum absolute atomic E-state index is 11.8. The minimum Gasteiger partial charge on any atom is -0.382 e. The van der Waals surface area contributed by atoms with Gasteiger partial charge in [-0.05, 0) is 6.92 Å². The van der Waals surface area contributed by atoms with Crippen molar-refractivity contribution in [1.29, 1.82) is 0 Å². The zero-order valence-electron chi connectivity index (χ0n) is 9.70. The van der Waals surface area contributed by atoms with Gasteiger partial charge in [0.05, 0.1) is 0 Å². The predicted molar refractivity (Wildman–Crippen MR) is 62.7 cm³/mol. The number of aryl methyl sites for hydroxylation is 1. The van der Waals surface area contributed by atoms with Crippen molar-refractivity contribution in [2.75, 3.05) is 12.3 Å². The smallest absolute Gasteiger partial charge is 0.247 e. The predicted octanol–water partition coefficient (Wildman–Crippen LogP) is -2.39. The maximum atomic E-state index is 11.8. The zero-order valence-corrected chi connectivity index (χ0v) is 10.5. The Bertz CT molecular complexity index is 538. The van der Waals surface area contributed by atoms with E-state index in [-0.39, 0.29) is 10.7 Å². The highest BCUT2D eigenvalue weighted by molar-refractivity contribution is 7.89. The molecule has 6 N–H and O–H groups in total. The SMILES string of the molecule is CCn1cc(S(=O)(=O)NCC(O)C(N)=O)c(N)n1. The highest BCUT2D eigenvalue weighted by Crippen LogP contribution is 2.15. The van der Waals surface area contributed by atoms with Crippen molar-refractivity contribution in [2.45, 2.75) is 24.5 Å². The molecule has 0 saturated heterocycles. The van der Waals surface area contributed by atoms with Gasteiger partial charge in [0.1, 0.15) is 11.0 Å². The average molecular weight is 277 g/mol. The van der Waals surface area contributed by atoms with Crippen molar-refractivity contribution in [3.63, 3.8) is 0 Å². The van der Waals surface area contributed by atoms with E-state index in [9.17, 15) is 13.2 Å². The molecule has 1 rings (SSSR count).